The van der Waals surface area contributed by atoms with Crippen LogP contribution in [0.5, 0.6) is 0 Å². The number of hydrogen-bond donors (Lipinski definition) is 5. The van der Waals surface area contributed by atoms with Crippen LogP contribution in [0.1, 0.15) is 84.9 Å². The Morgan fingerprint density at radius 1 is 0.606 bits per heavy atom. The Bertz CT molecular complexity index is 2290. The van der Waals surface area contributed by atoms with Crippen molar-refractivity contribution < 1.29 is 67.2 Å². The van der Waals surface area contributed by atoms with Crippen LogP contribution in [0.25, 0.3) is 0 Å². The maximum absolute atomic E-state index is 12.0. The number of carboxylic acid groups (broad SMARTS) is 1. The van der Waals surface area contributed by atoms with Crippen LogP contribution in [0.3, 0.4) is 0 Å². The van der Waals surface area contributed by atoms with Gasteiger partial charge in [-0.25, -0.2) is 34.7 Å². The van der Waals surface area contributed by atoms with Gasteiger partial charge in [-0.3, -0.25) is 18.9 Å². The minimum atomic E-state index is -4.02. The van der Waals surface area contributed by atoms with Gasteiger partial charge in [0.1, 0.15) is 31.3 Å². The van der Waals surface area contributed by atoms with Crippen molar-refractivity contribution >= 4 is 67.8 Å². The van der Waals surface area contributed by atoms with Gasteiger partial charge in [0.2, 0.25) is 29.1 Å². The van der Waals surface area contributed by atoms with Gasteiger partial charge >= 0.3 is 17.9 Å². The fourth-order valence-corrected chi connectivity index (χ4v) is 6.73. The molecule has 23 heteroatoms. The van der Waals surface area contributed by atoms with E-state index in [4.69, 9.17) is 24.9 Å². The van der Waals surface area contributed by atoms with Crippen molar-refractivity contribution in [2.45, 2.75) is 111 Å². The van der Waals surface area contributed by atoms with E-state index >= 15 is 0 Å². The first-order valence-electron chi connectivity index (χ1n) is 19.9. The van der Waals surface area contributed by atoms with Crippen molar-refractivity contribution in [2.24, 2.45) is 23.5 Å². The summed E-state index contributed by atoms with van der Waals surface area (Å²) in [5.74, 6) is -1.29. The summed E-state index contributed by atoms with van der Waals surface area (Å²) in [6, 6.07) is 22.5. The molecule has 0 aliphatic rings. The number of carbonyl (C=O) groups excluding carboxylic acids is 2. The molecule has 0 amide bonds. The molecule has 0 radical (unpaired) electrons. The minimum absolute atomic E-state index is 0. The molecule has 0 fully saturated rings. The van der Waals surface area contributed by atoms with Gasteiger partial charge in [-0.05, 0) is 67.2 Å². The molecule has 3 atom stereocenters. The number of hydrogen-bond acceptors (Lipinski definition) is 14. The van der Waals surface area contributed by atoms with Crippen LogP contribution in [-0.4, -0.2) is 98.1 Å². The molecule has 3 aromatic carbocycles. The molecule has 0 spiro atoms. The fourth-order valence-electron chi connectivity index (χ4n) is 4.83. The van der Waals surface area contributed by atoms with Gasteiger partial charge < -0.3 is 20.3 Å². The van der Waals surface area contributed by atoms with E-state index in [9.17, 15) is 48.1 Å². The molecule has 6 N–H and O–H groups in total. The SMILES string of the molecule is C.CC(C)C[C@H](N)C(=O)OCc1ccccc1.CC(C)C[C@H](NS(C)(=O)=O)C(=O)O.CC(C)C[C@H](NS(C)(=O)=O)C(=O)OCc1ccccc1.CS(=O)(=O)Cl.Cc1ccc(S(=O)(=O)O)cc1. The highest BCUT2D eigenvalue weighted by Crippen LogP contribution is 2.11. The van der Waals surface area contributed by atoms with E-state index in [0.29, 0.717) is 31.8 Å². The summed E-state index contributed by atoms with van der Waals surface area (Å²) in [5.41, 5.74) is 8.51. The summed E-state index contributed by atoms with van der Waals surface area (Å²) < 4.78 is 107. The number of nitrogens with one attached hydrogen (secondary N) is 2. The van der Waals surface area contributed by atoms with E-state index in [0.717, 1.165) is 35.5 Å². The Hall–Kier alpha value is -4.00. The third-order valence-electron chi connectivity index (χ3n) is 7.50. The lowest BCUT2D eigenvalue weighted by Gasteiger charge is -2.18. The van der Waals surface area contributed by atoms with Gasteiger partial charge in [0.25, 0.3) is 10.1 Å². The molecule has 0 aliphatic carbocycles. The molecule has 0 aliphatic heterocycles. The standard InChI is InChI=1S/C14H21NO4S.C13H19NO2.C7H15NO4S.C7H8O3S.CH3ClO2S.CH4/c1-11(2)9-13(15-20(3,17)18)14(16)19-10-12-7-5-4-6-8-12;1-10(2)8-12(14)13(15)16-9-11-6-4-3-5-7-11;1-5(2)4-6(7(9)10)8-13(3,11)12;1-6-2-4-7(5-3-6)11(8,9)10;1-5(2,3)4;/h4-8,11,13,15H,9-10H2,1-3H3;3-7,10,12H,8-9,14H2,1-2H3;5-6,8H,4H2,1-3H3,(H,9,10);2-5H,1H3,(H,8,9,10);1H3;1H4/t13-;12-;6-;;;/m000.../s1. The summed E-state index contributed by atoms with van der Waals surface area (Å²) >= 11 is 0. The first-order valence-corrected chi connectivity index (χ1v) is 27.8. The second-order valence-electron chi connectivity index (χ2n) is 15.9. The highest BCUT2D eigenvalue weighted by molar-refractivity contribution is 8.13. The van der Waals surface area contributed by atoms with Crippen molar-refractivity contribution in [1.82, 2.24) is 9.44 Å². The maximum atomic E-state index is 12.0. The third kappa shape index (κ3) is 40.3. The molecule has 0 bridgehead atoms. The topological polar surface area (TPSA) is 297 Å². The smallest absolute Gasteiger partial charge is 0.324 e. The van der Waals surface area contributed by atoms with E-state index in [1.165, 1.54) is 12.1 Å². The van der Waals surface area contributed by atoms with Crippen LogP contribution >= 0.6 is 10.7 Å². The number of nitrogens with two attached hydrogens (primary N) is 1. The highest BCUT2D eigenvalue weighted by Gasteiger charge is 2.25. The zero-order valence-corrected chi connectivity index (χ0v) is 42.4. The molecule has 18 nitrogen and oxygen atoms in total. The van der Waals surface area contributed by atoms with Gasteiger partial charge in [-0.15, -0.1) is 0 Å². The number of ether oxygens (including phenoxy) is 2. The highest BCUT2D eigenvalue weighted by atomic mass is 35.7. The zero-order chi connectivity index (χ0) is 50.8. The van der Waals surface area contributed by atoms with Gasteiger partial charge in [0, 0.05) is 10.7 Å². The van der Waals surface area contributed by atoms with E-state index in [2.05, 4.69) is 20.1 Å². The van der Waals surface area contributed by atoms with Crippen molar-refractivity contribution in [3.8, 4) is 0 Å². The van der Waals surface area contributed by atoms with E-state index in [1.54, 1.807) is 12.1 Å². The van der Waals surface area contributed by atoms with Crippen molar-refractivity contribution in [3.63, 3.8) is 0 Å². The normalized spacial score (nSPS) is 12.7. The van der Waals surface area contributed by atoms with E-state index < -0.39 is 69.3 Å². The third-order valence-corrected chi connectivity index (χ3v) is 9.80. The molecule has 3 aromatic rings. The van der Waals surface area contributed by atoms with Crippen molar-refractivity contribution in [3.05, 3.63) is 102 Å². The number of aryl methyl sites for hydroxylation is 1. The Morgan fingerprint density at radius 3 is 1.26 bits per heavy atom. The van der Waals surface area contributed by atoms with Crippen LogP contribution in [0.4, 0.5) is 0 Å². The fraction of sp³-hybridized carbons (Fsp3) is 0.512. The molecule has 0 aromatic heterocycles. The Labute approximate surface area is 397 Å². The first kappa shape index (κ1) is 66.3. The lowest BCUT2D eigenvalue weighted by molar-refractivity contribution is -0.148. The summed E-state index contributed by atoms with van der Waals surface area (Å²) in [4.78, 5) is 34.0. The summed E-state index contributed by atoms with van der Waals surface area (Å²) in [7, 11) is -9.60. The van der Waals surface area contributed by atoms with Gasteiger partial charge in [-0.2, -0.15) is 8.42 Å². The first-order chi connectivity index (χ1) is 29.6. The van der Waals surface area contributed by atoms with Crippen molar-refractivity contribution in [2.75, 3.05) is 18.8 Å². The number of carboxylic acids is 1. The van der Waals surface area contributed by atoms with E-state index in [1.807, 2.05) is 109 Å². The van der Waals surface area contributed by atoms with Crippen LogP contribution in [0.15, 0.2) is 89.8 Å². The summed E-state index contributed by atoms with van der Waals surface area (Å²) in [5, 5.41) is 8.66. The molecule has 0 saturated heterocycles. The minimum Gasteiger partial charge on any atom is -0.480 e. The second kappa shape index (κ2) is 32.7. The Kier molecular flexibility index (Phi) is 32.8. The number of esters is 2. The second-order valence-corrected chi connectivity index (χ2v) is 23.9. The van der Waals surface area contributed by atoms with Gasteiger partial charge in [0.05, 0.1) is 23.7 Å². The van der Waals surface area contributed by atoms with Crippen LogP contribution in [0.2, 0.25) is 0 Å². The zero-order valence-electron chi connectivity index (χ0n) is 38.4. The average molecular weight is 1030 g/mol. The summed E-state index contributed by atoms with van der Waals surface area (Å²) in [6.07, 6.45) is 4.26. The number of carbonyl (C=O) groups is 3. The average Bonchev–Trinajstić information content (AvgIpc) is 3.14. The monoisotopic (exact) mass is 1030 g/mol. The van der Waals surface area contributed by atoms with Crippen LogP contribution in [0, 0.1) is 24.7 Å². The Balaban J connectivity index is -0.000000785. The van der Waals surface area contributed by atoms with Crippen LogP contribution in [-0.2, 0) is 76.3 Å². The van der Waals surface area contributed by atoms with Crippen LogP contribution < -0.4 is 15.2 Å². The molecule has 3 rings (SSSR count). The molecular formula is C43H70ClN3O15S4. The number of benzene rings is 3. The number of sulfonamides is 2. The number of rotatable bonds is 18. The molecule has 378 valence electrons. The van der Waals surface area contributed by atoms with Gasteiger partial charge in [-0.1, -0.05) is 127 Å². The van der Waals surface area contributed by atoms with E-state index in [-0.39, 0.29) is 36.7 Å². The maximum Gasteiger partial charge on any atom is 0.324 e. The largest absolute Gasteiger partial charge is 0.480 e. The predicted molar refractivity (Wildman–Crippen MR) is 258 cm³/mol. The molecule has 66 heavy (non-hydrogen) atoms. The molecule has 0 heterocycles. The molecule has 0 saturated carbocycles. The molecule has 0 unspecified atom stereocenters. The lowest BCUT2D eigenvalue weighted by atomic mass is 10.1. The number of aliphatic carboxylic acids is 1. The molecular weight excluding hydrogens is 962 g/mol. The lowest BCUT2D eigenvalue weighted by Crippen LogP contribution is -2.42. The van der Waals surface area contributed by atoms with Crippen molar-refractivity contribution in [1.29, 1.82) is 0 Å². The Morgan fingerprint density at radius 2 is 0.939 bits per heavy atom. The quantitative estimate of drug-likeness (QED) is 0.0563. The number of halogens is 1. The predicted octanol–water partition coefficient (Wildman–Crippen LogP) is 5.89. The summed E-state index contributed by atoms with van der Waals surface area (Å²) in [6.45, 7) is 13.8. The van der Waals surface area contributed by atoms with Gasteiger partial charge in [0.15, 0.2) is 0 Å².